The maximum atomic E-state index is 14.3. The van der Waals surface area contributed by atoms with Crippen molar-refractivity contribution in [3.05, 3.63) is 24.4 Å². The summed E-state index contributed by atoms with van der Waals surface area (Å²) in [7, 11) is 0. The van der Waals surface area contributed by atoms with Crippen molar-refractivity contribution in [1.29, 1.82) is 0 Å². The molecule has 0 saturated carbocycles. The zero-order valence-electron chi connectivity index (χ0n) is 17.4. The molecule has 0 spiro atoms. The molecule has 1 aliphatic heterocycles. The number of anilines is 2. The molecule has 1 unspecified atom stereocenters. The Morgan fingerprint density at radius 1 is 1.27 bits per heavy atom. The number of fused-ring (bicyclic) bond motifs is 2. The number of nitrogens with one attached hydrogen (secondary N) is 1. The highest BCUT2D eigenvalue weighted by molar-refractivity contribution is 5.88. The van der Waals surface area contributed by atoms with E-state index in [0.29, 0.717) is 22.3 Å². The maximum Gasteiger partial charge on any atom is 0.258 e. The van der Waals surface area contributed by atoms with Crippen molar-refractivity contribution < 1.29 is 18.0 Å². The molecule has 5 rings (SSSR count). The van der Waals surface area contributed by atoms with Crippen molar-refractivity contribution in [3.8, 4) is 11.3 Å². The van der Waals surface area contributed by atoms with Crippen LogP contribution in [0.15, 0.2) is 24.4 Å². The van der Waals surface area contributed by atoms with Crippen LogP contribution >= 0.6 is 0 Å². The zero-order valence-corrected chi connectivity index (χ0v) is 17.4. The minimum atomic E-state index is -2.60. The average Bonchev–Trinajstić information content (AvgIpc) is 3.45. The van der Waals surface area contributed by atoms with Gasteiger partial charge in [0, 0.05) is 25.2 Å². The zero-order chi connectivity index (χ0) is 23.3. The summed E-state index contributed by atoms with van der Waals surface area (Å²) in [5, 5.41) is 14.8. The van der Waals surface area contributed by atoms with E-state index < -0.39 is 25.2 Å². The van der Waals surface area contributed by atoms with Crippen LogP contribution in [-0.2, 0) is 11.3 Å². The molecule has 14 heteroatoms. The van der Waals surface area contributed by atoms with Crippen LogP contribution < -0.4 is 11.1 Å². The van der Waals surface area contributed by atoms with E-state index in [0.717, 1.165) is 4.68 Å². The molecule has 4 aromatic rings. The summed E-state index contributed by atoms with van der Waals surface area (Å²) in [6.07, 6.45) is -2.23. The normalized spacial score (nSPS) is 18.6. The fourth-order valence-corrected chi connectivity index (χ4v) is 3.90. The van der Waals surface area contributed by atoms with Gasteiger partial charge in [-0.2, -0.15) is 4.98 Å². The van der Waals surface area contributed by atoms with Gasteiger partial charge in [-0.05, 0) is 18.2 Å². The summed E-state index contributed by atoms with van der Waals surface area (Å²) < 4.78 is 42.5. The summed E-state index contributed by atoms with van der Waals surface area (Å²) in [5.74, 6) is 0.0238. The Bertz CT molecular complexity index is 1350. The number of alkyl halides is 3. The SMILES string of the molecule is CC(=O)N1CC(Nc2nc(N)c3c(-c4ccc5nnn(CC(F)F)c5n4)ccn3n2)[C@@H](F)C1. The molecule has 3 N–H and O–H groups in total. The standard InChI is InChI=1S/C19H19F3N10O/c1-9(33)30-6-11(20)14(7-30)25-19-26-17(23)16-10(4-5-31(16)28-19)12-2-3-13-18(24-12)32(29-27-13)8-15(21)22/h2-5,11,14-15H,6-8H2,1H3,(H3,23,25,26,28)/t11-,14?/m0/s1. The van der Waals surface area contributed by atoms with E-state index in [2.05, 4.69) is 30.7 Å². The van der Waals surface area contributed by atoms with Crippen LogP contribution in [0.2, 0.25) is 0 Å². The van der Waals surface area contributed by atoms with Crippen LogP contribution in [0.5, 0.6) is 0 Å². The van der Waals surface area contributed by atoms with Crippen LogP contribution in [0.1, 0.15) is 6.92 Å². The van der Waals surface area contributed by atoms with Crippen LogP contribution in [0.25, 0.3) is 27.9 Å². The molecule has 172 valence electrons. The van der Waals surface area contributed by atoms with Gasteiger partial charge in [-0.25, -0.2) is 27.4 Å². The number of hydrogen-bond donors (Lipinski definition) is 2. The first kappa shape index (κ1) is 20.9. The second-order valence-electron chi connectivity index (χ2n) is 7.74. The van der Waals surface area contributed by atoms with Gasteiger partial charge in [0.1, 0.15) is 23.7 Å². The van der Waals surface area contributed by atoms with Crippen LogP contribution in [-0.4, -0.2) is 77.1 Å². The van der Waals surface area contributed by atoms with E-state index in [1.807, 2.05) is 0 Å². The number of likely N-dealkylation sites (tertiary alicyclic amines) is 1. The van der Waals surface area contributed by atoms with Crippen molar-refractivity contribution in [3.63, 3.8) is 0 Å². The Morgan fingerprint density at radius 3 is 2.82 bits per heavy atom. The number of rotatable bonds is 5. The van der Waals surface area contributed by atoms with Crippen molar-refractivity contribution in [2.24, 2.45) is 0 Å². The minimum absolute atomic E-state index is 0.00351. The van der Waals surface area contributed by atoms with Crippen molar-refractivity contribution in [2.45, 2.75) is 32.1 Å². The second-order valence-corrected chi connectivity index (χ2v) is 7.74. The number of carbonyl (C=O) groups is 1. The Labute approximate surface area is 184 Å². The summed E-state index contributed by atoms with van der Waals surface area (Å²) in [4.78, 5) is 21.6. The van der Waals surface area contributed by atoms with Gasteiger partial charge in [0.25, 0.3) is 6.43 Å². The number of halogens is 3. The smallest absolute Gasteiger partial charge is 0.258 e. The highest BCUT2D eigenvalue weighted by atomic mass is 19.3. The van der Waals surface area contributed by atoms with Crippen molar-refractivity contribution in [1.82, 2.24) is 39.5 Å². The van der Waals surface area contributed by atoms with Gasteiger partial charge in [0.2, 0.25) is 11.9 Å². The second kappa shape index (κ2) is 7.86. The lowest BCUT2D eigenvalue weighted by Gasteiger charge is -2.15. The van der Waals surface area contributed by atoms with Gasteiger partial charge in [0.05, 0.1) is 18.3 Å². The number of carbonyl (C=O) groups excluding carboxylic acids is 1. The summed E-state index contributed by atoms with van der Waals surface area (Å²) in [6, 6.07) is 4.36. The molecular weight excluding hydrogens is 441 g/mol. The van der Waals surface area contributed by atoms with Gasteiger partial charge >= 0.3 is 0 Å². The molecule has 1 saturated heterocycles. The molecular formula is C19H19F3N10O. The lowest BCUT2D eigenvalue weighted by molar-refractivity contribution is -0.128. The molecule has 33 heavy (non-hydrogen) atoms. The van der Waals surface area contributed by atoms with E-state index in [1.54, 1.807) is 24.4 Å². The number of pyridine rings is 1. The highest BCUT2D eigenvalue weighted by Gasteiger charge is 2.34. The summed E-state index contributed by atoms with van der Waals surface area (Å²) in [6.45, 7) is 0.961. The number of amides is 1. The van der Waals surface area contributed by atoms with Gasteiger partial charge in [-0.1, -0.05) is 5.21 Å². The number of aromatic nitrogens is 7. The van der Waals surface area contributed by atoms with Gasteiger partial charge in [0.15, 0.2) is 11.5 Å². The third-order valence-electron chi connectivity index (χ3n) is 5.49. The first-order chi connectivity index (χ1) is 15.8. The number of nitrogens with two attached hydrogens (primary N) is 1. The highest BCUT2D eigenvalue weighted by Crippen LogP contribution is 2.29. The molecule has 2 atom stereocenters. The summed E-state index contributed by atoms with van der Waals surface area (Å²) >= 11 is 0. The molecule has 1 fully saturated rings. The molecule has 0 bridgehead atoms. The van der Waals surface area contributed by atoms with Crippen molar-refractivity contribution >= 4 is 34.4 Å². The van der Waals surface area contributed by atoms with Gasteiger partial charge in [-0.15, -0.1) is 10.2 Å². The van der Waals surface area contributed by atoms with E-state index in [1.165, 1.54) is 16.3 Å². The Hall–Kier alpha value is -3.97. The van der Waals surface area contributed by atoms with Crippen LogP contribution in [0.4, 0.5) is 24.9 Å². The molecule has 1 aliphatic rings. The maximum absolute atomic E-state index is 14.3. The number of nitrogen functional groups attached to an aromatic ring is 1. The van der Waals surface area contributed by atoms with Crippen LogP contribution in [0, 0.1) is 0 Å². The predicted molar refractivity (Wildman–Crippen MR) is 112 cm³/mol. The molecule has 0 aromatic carbocycles. The fraction of sp³-hybridized carbons (Fsp3) is 0.368. The number of nitrogens with zero attached hydrogens (tertiary/aromatic N) is 8. The minimum Gasteiger partial charge on any atom is -0.382 e. The fourth-order valence-electron chi connectivity index (χ4n) is 3.90. The Balaban J connectivity index is 1.47. The molecule has 0 aliphatic carbocycles. The van der Waals surface area contributed by atoms with E-state index >= 15 is 0 Å². The lowest BCUT2D eigenvalue weighted by atomic mass is 10.2. The third-order valence-corrected chi connectivity index (χ3v) is 5.49. The third kappa shape index (κ3) is 3.76. The number of hydrogen-bond acceptors (Lipinski definition) is 8. The molecule has 5 heterocycles. The summed E-state index contributed by atoms with van der Waals surface area (Å²) in [5.41, 5.74) is 8.28. The van der Waals surface area contributed by atoms with E-state index in [4.69, 9.17) is 5.73 Å². The van der Waals surface area contributed by atoms with Gasteiger partial charge in [-0.3, -0.25) is 4.79 Å². The Kier molecular flexibility index (Phi) is 4.98. The molecule has 0 radical (unpaired) electrons. The first-order valence-corrected chi connectivity index (χ1v) is 10.1. The van der Waals surface area contributed by atoms with Crippen molar-refractivity contribution in [2.75, 3.05) is 24.1 Å². The molecule has 1 amide bonds. The van der Waals surface area contributed by atoms with E-state index in [-0.39, 0.29) is 36.4 Å². The predicted octanol–water partition coefficient (Wildman–Crippen LogP) is 1.36. The lowest BCUT2D eigenvalue weighted by Crippen LogP contribution is -2.32. The molecule has 11 nitrogen and oxygen atoms in total. The van der Waals surface area contributed by atoms with E-state index in [9.17, 15) is 18.0 Å². The van der Waals surface area contributed by atoms with Crippen LogP contribution in [0.3, 0.4) is 0 Å². The van der Waals surface area contributed by atoms with Gasteiger partial charge < -0.3 is 16.0 Å². The average molecular weight is 460 g/mol. The quantitative estimate of drug-likeness (QED) is 0.456. The largest absolute Gasteiger partial charge is 0.382 e. The Morgan fingerprint density at radius 2 is 2.09 bits per heavy atom. The first-order valence-electron chi connectivity index (χ1n) is 10.1. The monoisotopic (exact) mass is 460 g/mol. The topological polar surface area (TPSA) is 132 Å². The molecule has 4 aromatic heterocycles.